The number of carbonyl (C=O) groups is 2. The van der Waals surface area contributed by atoms with Gasteiger partial charge < -0.3 is 15.0 Å². The first-order valence-electron chi connectivity index (χ1n) is 10.3. The van der Waals surface area contributed by atoms with Crippen molar-refractivity contribution in [3.63, 3.8) is 0 Å². The van der Waals surface area contributed by atoms with E-state index >= 15 is 0 Å². The van der Waals surface area contributed by atoms with Crippen molar-refractivity contribution in [1.29, 1.82) is 0 Å². The zero-order valence-corrected chi connectivity index (χ0v) is 17.7. The number of alkyl halides is 3. The molecule has 0 spiro atoms. The lowest BCUT2D eigenvalue weighted by Crippen LogP contribution is -2.33. The Kier molecular flexibility index (Phi) is 5.84. The molecule has 1 aliphatic rings. The summed E-state index contributed by atoms with van der Waals surface area (Å²) in [7, 11) is 0. The Morgan fingerprint density at radius 1 is 1.06 bits per heavy atom. The average Bonchev–Trinajstić information content (AvgIpc) is 3.12. The molecule has 1 unspecified atom stereocenters. The molecular weight excluding hydrogens is 433 g/mol. The van der Waals surface area contributed by atoms with Crippen LogP contribution in [0.4, 0.5) is 13.2 Å². The monoisotopic (exact) mass is 454 g/mol. The highest BCUT2D eigenvalue weighted by Crippen LogP contribution is 2.29. The fraction of sp³-hybridized carbons (Fsp3) is 0.200. The molecule has 4 rings (SSSR count). The summed E-state index contributed by atoms with van der Waals surface area (Å²) in [5.41, 5.74) is 2.23. The molecular formula is C25H21F3N2O3. The third kappa shape index (κ3) is 4.84. The highest BCUT2D eigenvalue weighted by molar-refractivity contribution is 6.06. The number of aliphatic carboxylic acids is 1. The van der Waals surface area contributed by atoms with E-state index in [-0.39, 0.29) is 17.5 Å². The van der Waals surface area contributed by atoms with E-state index in [0.29, 0.717) is 29.6 Å². The van der Waals surface area contributed by atoms with Gasteiger partial charge in [0.05, 0.1) is 22.2 Å². The van der Waals surface area contributed by atoms with Gasteiger partial charge in [0.1, 0.15) is 0 Å². The molecule has 3 aromatic rings. The largest absolute Gasteiger partial charge is 0.478 e. The lowest BCUT2D eigenvalue weighted by Gasteiger charge is -2.19. The number of rotatable bonds is 7. The number of fused-ring (bicyclic) bond motifs is 1. The van der Waals surface area contributed by atoms with Crippen molar-refractivity contribution in [1.82, 2.24) is 9.88 Å². The zero-order valence-electron chi connectivity index (χ0n) is 17.7. The molecule has 8 heteroatoms. The standard InChI is InChI=1S/C25H21F3N2O3/c1-15(11-17-12-19(13-17)24(32)33)29-23(31)21-4-2-3-18-9-10-30(22(18)21)14-16-5-7-20(8-6-16)25(26,27)28/h2-10,12-13,15H,11,14H2,1H3,(H,29,31)(H,32,33). The van der Waals surface area contributed by atoms with Crippen molar-refractivity contribution in [3.8, 4) is 0 Å². The van der Waals surface area contributed by atoms with Gasteiger partial charge in [-0.3, -0.25) is 4.79 Å². The second-order valence-electron chi connectivity index (χ2n) is 8.08. The predicted molar refractivity (Wildman–Crippen MR) is 118 cm³/mol. The topological polar surface area (TPSA) is 71.3 Å². The van der Waals surface area contributed by atoms with E-state index in [2.05, 4.69) is 5.32 Å². The minimum Gasteiger partial charge on any atom is -0.478 e. The molecule has 0 saturated carbocycles. The first-order chi connectivity index (χ1) is 15.6. The van der Waals surface area contributed by atoms with Gasteiger partial charge in [0.15, 0.2) is 0 Å². The number of halogens is 3. The summed E-state index contributed by atoms with van der Waals surface area (Å²) in [6, 6.07) is 12.0. The van der Waals surface area contributed by atoms with Gasteiger partial charge >= 0.3 is 12.1 Å². The number of carboxylic acid groups (broad SMARTS) is 1. The van der Waals surface area contributed by atoms with Crippen LogP contribution in [0.5, 0.6) is 0 Å². The smallest absolute Gasteiger partial charge is 0.416 e. The van der Waals surface area contributed by atoms with Crippen LogP contribution < -0.4 is 5.32 Å². The van der Waals surface area contributed by atoms with Crippen molar-refractivity contribution < 1.29 is 27.9 Å². The van der Waals surface area contributed by atoms with Gasteiger partial charge in [0.25, 0.3) is 5.91 Å². The molecule has 2 aromatic carbocycles. The number of carboxylic acids is 1. The summed E-state index contributed by atoms with van der Waals surface area (Å²) < 4.78 is 40.3. The van der Waals surface area contributed by atoms with E-state index in [1.165, 1.54) is 12.1 Å². The molecule has 170 valence electrons. The minimum absolute atomic E-state index is 0.219. The second kappa shape index (κ2) is 8.61. The first kappa shape index (κ1) is 22.4. The minimum atomic E-state index is -4.39. The zero-order chi connectivity index (χ0) is 23.8. The maximum atomic E-state index is 13.0. The Hall–Kier alpha value is -3.81. The fourth-order valence-electron chi connectivity index (χ4n) is 3.91. The molecule has 0 aliphatic heterocycles. The fourth-order valence-corrected chi connectivity index (χ4v) is 3.91. The molecule has 0 radical (unpaired) electrons. The van der Waals surface area contributed by atoms with Crippen LogP contribution in [0.15, 0.2) is 78.0 Å². The summed E-state index contributed by atoms with van der Waals surface area (Å²) in [5.74, 6) is -1.25. The first-order valence-corrected chi connectivity index (χ1v) is 10.3. The quantitative estimate of drug-likeness (QED) is 0.518. The molecule has 1 heterocycles. The number of nitrogens with one attached hydrogen (secondary N) is 1. The predicted octanol–water partition coefficient (Wildman–Crippen LogP) is 5.17. The number of nitrogens with zero attached hydrogens (tertiary/aromatic N) is 1. The molecule has 2 N–H and O–H groups in total. The third-order valence-electron chi connectivity index (χ3n) is 5.52. The summed E-state index contributed by atoms with van der Waals surface area (Å²) >= 11 is 0. The van der Waals surface area contributed by atoms with Crippen LogP contribution in [-0.4, -0.2) is 27.6 Å². The molecule has 0 saturated heterocycles. The number of allylic oxidation sites excluding steroid dienone is 1. The summed E-state index contributed by atoms with van der Waals surface area (Å²) in [4.78, 5) is 23.9. The van der Waals surface area contributed by atoms with Gasteiger partial charge in [0.2, 0.25) is 0 Å². The van der Waals surface area contributed by atoms with E-state index in [1.807, 2.05) is 23.6 Å². The van der Waals surface area contributed by atoms with Crippen LogP contribution in [-0.2, 0) is 17.5 Å². The summed E-state index contributed by atoms with van der Waals surface area (Å²) in [6.45, 7) is 2.16. The van der Waals surface area contributed by atoms with E-state index < -0.39 is 17.7 Å². The summed E-state index contributed by atoms with van der Waals surface area (Å²) in [5, 5.41) is 12.7. The number of carbonyl (C=O) groups excluding carboxylic acids is 1. The number of hydrogen-bond donors (Lipinski definition) is 2. The van der Waals surface area contributed by atoms with Crippen LogP contribution in [0.3, 0.4) is 0 Å². The number of para-hydroxylation sites is 1. The molecule has 5 nitrogen and oxygen atoms in total. The van der Waals surface area contributed by atoms with E-state index in [0.717, 1.165) is 23.1 Å². The Morgan fingerprint density at radius 3 is 2.39 bits per heavy atom. The van der Waals surface area contributed by atoms with Gasteiger partial charge in [-0.1, -0.05) is 24.3 Å². The van der Waals surface area contributed by atoms with Crippen molar-refractivity contribution >= 4 is 22.8 Å². The van der Waals surface area contributed by atoms with E-state index in [9.17, 15) is 22.8 Å². The molecule has 1 aromatic heterocycles. The molecule has 33 heavy (non-hydrogen) atoms. The van der Waals surface area contributed by atoms with Crippen molar-refractivity contribution in [2.45, 2.75) is 32.1 Å². The number of benzene rings is 2. The number of amides is 1. The van der Waals surface area contributed by atoms with Crippen LogP contribution in [0.25, 0.3) is 10.9 Å². The number of aromatic nitrogens is 1. The maximum absolute atomic E-state index is 13.0. The van der Waals surface area contributed by atoms with Gasteiger partial charge in [-0.15, -0.1) is 0 Å². The van der Waals surface area contributed by atoms with Gasteiger partial charge in [-0.25, -0.2) is 4.79 Å². The van der Waals surface area contributed by atoms with Gasteiger partial charge in [0, 0.05) is 24.2 Å². The SMILES string of the molecule is CC(CC1=CC(C(=O)O)=C1)NC(=O)c1cccc2ccn(Cc3ccc(C(F)(F)F)cc3)c12. The lowest BCUT2D eigenvalue weighted by molar-refractivity contribution is -0.137. The lowest BCUT2D eigenvalue weighted by atomic mass is 9.94. The third-order valence-corrected chi connectivity index (χ3v) is 5.52. The Labute approximate surface area is 187 Å². The van der Waals surface area contributed by atoms with E-state index in [4.69, 9.17) is 5.11 Å². The molecule has 0 bridgehead atoms. The van der Waals surface area contributed by atoms with Crippen molar-refractivity contribution in [3.05, 3.63) is 94.7 Å². The van der Waals surface area contributed by atoms with Crippen LogP contribution >= 0.6 is 0 Å². The Morgan fingerprint density at radius 2 is 1.76 bits per heavy atom. The highest BCUT2D eigenvalue weighted by Gasteiger charge is 2.30. The molecule has 1 amide bonds. The van der Waals surface area contributed by atoms with Crippen LogP contribution in [0.2, 0.25) is 0 Å². The average molecular weight is 454 g/mol. The van der Waals surface area contributed by atoms with Crippen LogP contribution in [0, 0.1) is 0 Å². The van der Waals surface area contributed by atoms with E-state index in [1.54, 1.807) is 30.5 Å². The van der Waals surface area contributed by atoms with Crippen molar-refractivity contribution in [2.24, 2.45) is 0 Å². The second-order valence-corrected chi connectivity index (χ2v) is 8.08. The van der Waals surface area contributed by atoms with Gasteiger partial charge in [-0.05, 0) is 60.9 Å². The Bertz CT molecular complexity index is 1280. The Balaban J connectivity index is 1.51. The molecule has 1 aliphatic carbocycles. The maximum Gasteiger partial charge on any atom is 0.416 e. The number of hydrogen-bond acceptors (Lipinski definition) is 2. The summed E-state index contributed by atoms with van der Waals surface area (Å²) in [6.07, 6.45) is 1.09. The molecule has 1 atom stereocenters. The van der Waals surface area contributed by atoms with Gasteiger partial charge in [-0.2, -0.15) is 13.2 Å². The normalized spacial score (nSPS) is 14.3. The van der Waals surface area contributed by atoms with Crippen molar-refractivity contribution in [2.75, 3.05) is 0 Å². The van der Waals surface area contributed by atoms with Crippen LogP contribution in [0.1, 0.15) is 34.8 Å². The molecule has 0 fully saturated rings. The highest BCUT2D eigenvalue weighted by atomic mass is 19.4.